The van der Waals surface area contributed by atoms with E-state index in [4.69, 9.17) is 4.74 Å². The van der Waals surface area contributed by atoms with Crippen molar-refractivity contribution in [2.75, 3.05) is 24.7 Å². The van der Waals surface area contributed by atoms with Gasteiger partial charge in [-0.2, -0.15) is 0 Å². The molecule has 86 valence electrons. The summed E-state index contributed by atoms with van der Waals surface area (Å²) in [5.74, 6) is 1.54. The summed E-state index contributed by atoms with van der Waals surface area (Å²) in [5, 5.41) is 0. The maximum atomic E-state index is 5.43. The lowest BCUT2D eigenvalue weighted by Gasteiger charge is -2.24. The third kappa shape index (κ3) is 2.16. The summed E-state index contributed by atoms with van der Waals surface area (Å²) in [5.41, 5.74) is 0. The third-order valence-corrected chi connectivity index (χ3v) is 3.28. The Morgan fingerprint density at radius 2 is 2.06 bits per heavy atom. The lowest BCUT2D eigenvalue weighted by Crippen LogP contribution is -2.33. The molecule has 0 spiro atoms. The molecule has 0 aromatic carbocycles. The zero-order valence-corrected chi connectivity index (χ0v) is 9.38. The molecular weight excluding hydrogens is 202 g/mol. The van der Waals surface area contributed by atoms with Crippen molar-refractivity contribution >= 4 is 5.95 Å². The molecule has 2 fully saturated rings. The predicted molar refractivity (Wildman–Crippen MR) is 61.3 cm³/mol. The Morgan fingerprint density at radius 3 is 2.69 bits per heavy atom. The fraction of sp³-hybridized carbons (Fsp3) is 0.667. The molecule has 1 atom stereocenters. The summed E-state index contributed by atoms with van der Waals surface area (Å²) in [6.07, 6.45) is 7.39. The van der Waals surface area contributed by atoms with Gasteiger partial charge in [0.15, 0.2) is 0 Å². The predicted octanol–water partition coefficient (Wildman–Crippen LogP) is 1.48. The molecular formula is C12H17N3O. The molecule has 0 radical (unpaired) electrons. The number of aromatic nitrogens is 2. The van der Waals surface area contributed by atoms with E-state index in [1.54, 1.807) is 0 Å². The molecule has 3 rings (SSSR count). The summed E-state index contributed by atoms with van der Waals surface area (Å²) in [6.45, 7) is 2.86. The first kappa shape index (κ1) is 10.0. The van der Waals surface area contributed by atoms with Crippen LogP contribution in [0.15, 0.2) is 18.5 Å². The molecule has 1 aliphatic heterocycles. The van der Waals surface area contributed by atoms with Gasteiger partial charge in [0, 0.05) is 37.5 Å². The highest BCUT2D eigenvalue weighted by Crippen LogP contribution is 2.31. The second-order valence-electron chi connectivity index (χ2n) is 4.66. The first-order valence-electron chi connectivity index (χ1n) is 6.05. The summed E-state index contributed by atoms with van der Waals surface area (Å²) in [4.78, 5) is 11.1. The fourth-order valence-electron chi connectivity index (χ4n) is 2.23. The Kier molecular flexibility index (Phi) is 2.74. The van der Waals surface area contributed by atoms with E-state index >= 15 is 0 Å². The van der Waals surface area contributed by atoms with Gasteiger partial charge in [-0.25, -0.2) is 9.97 Å². The number of rotatable bonds is 4. The number of anilines is 1. The van der Waals surface area contributed by atoms with Crippen LogP contribution in [-0.4, -0.2) is 35.8 Å². The normalized spacial score (nSPS) is 24.6. The van der Waals surface area contributed by atoms with E-state index in [9.17, 15) is 0 Å². The lowest BCUT2D eigenvalue weighted by atomic mass is 10.1. The van der Waals surface area contributed by atoms with E-state index in [2.05, 4.69) is 14.9 Å². The van der Waals surface area contributed by atoms with Gasteiger partial charge in [-0.3, -0.25) is 0 Å². The van der Waals surface area contributed by atoms with Crippen LogP contribution in [0.25, 0.3) is 0 Å². The molecule has 0 unspecified atom stereocenters. The molecule has 0 bridgehead atoms. The zero-order valence-electron chi connectivity index (χ0n) is 9.38. The van der Waals surface area contributed by atoms with Gasteiger partial charge in [-0.1, -0.05) is 0 Å². The van der Waals surface area contributed by atoms with Crippen LogP contribution in [-0.2, 0) is 4.74 Å². The molecule has 16 heavy (non-hydrogen) atoms. The second-order valence-corrected chi connectivity index (χ2v) is 4.66. The molecule has 2 aliphatic rings. The van der Waals surface area contributed by atoms with Crippen molar-refractivity contribution in [3.05, 3.63) is 18.5 Å². The van der Waals surface area contributed by atoms with Crippen LogP contribution in [0, 0.1) is 5.92 Å². The maximum absolute atomic E-state index is 5.43. The van der Waals surface area contributed by atoms with Crippen molar-refractivity contribution in [3.63, 3.8) is 0 Å². The van der Waals surface area contributed by atoms with Crippen LogP contribution in [0.3, 0.4) is 0 Å². The van der Waals surface area contributed by atoms with Gasteiger partial charge in [0.1, 0.15) is 0 Å². The number of nitrogens with zero attached hydrogens (tertiary/aromatic N) is 3. The first-order chi connectivity index (χ1) is 7.93. The van der Waals surface area contributed by atoms with E-state index in [1.165, 1.54) is 19.3 Å². The van der Waals surface area contributed by atoms with E-state index in [0.29, 0.717) is 12.0 Å². The molecule has 1 aromatic heterocycles. The van der Waals surface area contributed by atoms with Crippen LogP contribution in [0.1, 0.15) is 19.3 Å². The van der Waals surface area contributed by atoms with Crippen molar-refractivity contribution in [2.45, 2.75) is 25.3 Å². The van der Waals surface area contributed by atoms with Crippen molar-refractivity contribution in [1.82, 2.24) is 9.97 Å². The van der Waals surface area contributed by atoms with Crippen molar-refractivity contribution < 1.29 is 4.74 Å². The summed E-state index contributed by atoms with van der Waals surface area (Å²) < 4.78 is 5.43. The Labute approximate surface area is 95.7 Å². The minimum absolute atomic E-state index is 0.657. The molecule has 1 aromatic rings. The largest absolute Gasteiger partial charge is 0.381 e. The highest BCUT2D eigenvalue weighted by Gasteiger charge is 2.33. The SMILES string of the molecule is c1cnc(N(C[C@@H]2CCOC2)C2CC2)nc1. The molecule has 1 saturated carbocycles. The molecule has 0 amide bonds. The van der Waals surface area contributed by atoms with E-state index in [0.717, 1.165) is 25.7 Å². The quantitative estimate of drug-likeness (QED) is 0.769. The van der Waals surface area contributed by atoms with Gasteiger partial charge in [-0.15, -0.1) is 0 Å². The van der Waals surface area contributed by atoms with Gasteiger partial charge < -0.3 is 9.64 Å². The lowest BCUT2D eigenvalue weighted by molar-refractivity contribution is 0.186. The molecule has 1 aliphatic carbocycles. The summed E-state index contributed by atoms with van der Waals surface area (Å²) in [7, 11) is 0. The van der Waals surface area contributed by atoms with Crippen LogP contribution < -0.4 is 4.90 Å². The van der Waals surface area contributed by atoms with Crippen LogP contribution >= 0.6 is 0 Å². The first-order valence-corrected chi connectivity index (χ1v) is 6.05. The Morgan fingerprint density at radius 1 is 1.25 bits per heavy atom. The summed E-state index contributed by atoms with van der Waals surface area (Å²) in [6, 6.07) is 2.54. The average molecular weight is 219 g/mol. The highest BCUT2D eigenvalue weighted by molar-refractivity contribution is 5.33. The van der Waals surface area contributed by atoms with Crippen molar-refractivity contribution in [2.24, 2.45) is 5.92 Å². The topological polar surface area (TPSA) is 38.2 Å². The Hall–Kier alpha value is -1.16. The monoisotopic (exact) mass is 219 g/mol. The van der Waals surface area contributed by atoms with Gasteiger partial charge >= 0.3 is 0 Å². The minimum Gasteiger partial charge on any atom is -0.381 e. The van der Waals surface area contributed by atoms with Gasteiger partial charge in [0.05, 0.1) is 6.61 Å². The maximum Gasteiger partial charge on any atom is 0.225 e. The molecule has 4 nitrogen and oxygen atoms in total. The van der Waals surface area contributed by atoms with Crippen LogP contribution in [0.5, 0.6) is 0 Å². The second kappa shape index (κ2) is 4.37. The molecule has 4 heteroatoms. The smallest absolute Gasteiger partial charge is 0.225 e. The molecule has 2 heterocycles. The minimum atomic E-state index is 0.657. The van der Waals surface area contributed by atoms with Crippen LogP contribution in [0.2, 0.25) is 0 Å². The number of hydrogen-bond donors (Lipinski definition) is 0. The Balaban J connectivity index is 1.71. The molecule has 0 N–H and O–H groups in total. The summed E-state index contributed by atoms with van der Waals surface area (Å²) >= 11 is 0. The molecule has 1 saturated heterocycles. The van der Waals surface area contributed by atoms with E-state index in [-0.39, 0.29) is 0 Å². The van der Waals surface area contributed by atoms with Crippen molar-refractivity contribution in [1.29, 1.82) is 0 Å². The van der Waals surface area contributed by atoms with Gasteiger partial charge in [-0.05, 0) is 25.3 Å². The fourth-order valence-corrected chi connectivity index (χ4v) is 2.23. The zero-order chi connectivity index (χ0) is 10.8. The third-order valence-electron chi connectivity index (χ3n) is 3.28. The van der Waals surface area contributed by atoms with Gasteiger partial charge in [0.25, 0.3) is 0 Å². The number of ether oxygens (including phenoxy) is 1. The average Bonchev–Trinajstić information content (AvgIpc) is 3.05. The Bertz CT molecular complexity index is 333. The van der Waals surface area contributed by atoms with E-state index in [1.807, 2.05) is 18.5 Å². The number of hydrogen-bond acceptors (Lipinski definition) is 4. The van der Waals surface area contributed by atoms with Gasteiger partial charge in [0.2, 0.25) is 5.95 Å². The van der Waals surface area contributed by atoms with E-state index < -0.39 is 0 Å². The standard InChI is InChI=1S/C12H17N3O/c1-5-13-12(14-6-1)15(11-2-3-11)8-10-4-7-16-9-10/h1,5-6,10-11H,2-4,7-9H2/t10-/m0/s1. The van der Waals surface area contributed by atoms with Crippen molar-refractivity contribution in [3.8, 4) is 0 Å². The van der Waals surface area contributed by atoms with Crippen LogP contribution in [0.4, 0.5) is 5.95 Å². The highest BCUT2D eigenvalue weighted by atomic mass is 16.5.